The molecule has 5 nitrogen and oxygen atoms in total. The third-order valence-corrected chi connectivity index (χ3v) is 5.63. The summed E-state index contributed by atoms with van der Waals surface area (Å²) >= 11 is 1.29. The number of hydrogen-bond donors (Lipinski definition) is 1. The van der Waals surface area contributed by atoms with E-state index in [0.29, 0.717) is 22.9 Å². The molecular weight excluding hydrogens is 441 g/mol. The largest absolute Gasteiger partial charge is 0.494 e. The van der Waals surface area contributed by atoms with Crippen molar-refractivity contribution in [2.75, 3.05) is 16.8 Å². The first-order valence-electron chi connectivity index (χ1n) is 9.63. The van der Waals surface area contributed by atoms with Gasteiger partial charge in [0.05, 0.1) is 23.4 Å². The number of anilines is 2. The van der Waals surface area contributed by atoms with Crippen molar-refractivity contribution in [2.45, 2.75) is 13.1 Å². The maximum atomic E-state index is 13.2. The fourth-order valence-electron chi connectivity index (χ4n) is 3.27. The van der Waals surface area contributed by atoms with E-state index >= 15 is 0 Å². The van der Waals surface area contributed by atoms with Gasteiger partial charge >= 0.3 is 6.18 Å². The molecule has 0 atom stereocenters. The second-order valence-corrected chi connectivity index (χ2v) is 7.75. The van der Waals surface area contributed by atoms with Crippen LogP contribution in [0.25, 0.3) is 5.57 Å². The van der Waals surface area contributed by atoms with Gasteiger partial charge in [0.25, 0.3) is 11.8 Å². The fraction of sp³-hybridized carbons (Fsp3) is 0.130. The lowest BCUT2D eigenvalue weighted by atomic mass is 10.1. The van der Waals surface area contributed by atoms with Crippen molar-refractivity contribution in [3.63, 3.8) is 0 Å². The second kappa shape index (κ2) is 8.51. The van der Waals surface area contributed by atoms with Crippen molar-refractivity contribution >= 4 is 40.1 Å². The molecule has 164 valence electrons. The maximum absolute atomic E-state index is 13.2. The zero-order valence-electron chi connectivity index (χ0n) is 16.8. The van der Waals surface area contributed by atoms with E-state index in [1.165, 1.54) is 11.3 Å². The first kappa shape index (κ1) is 21.6. The number of thiophene rings is 1. The van der Waals surface area contributed by atoms with Crippen molar-refractivity contribution in [3.8, 4) is 5.75 Å². The molecule has 0 radical (unpaired) electrons. The van der Waals surface area contributed by atoms with Gasteiger partial charge in [0.15, 0.2) is 0 Å². The molecule has 1 aliphatic heterocycles. The van der Waals surface area contributed by atoms with E-state index in [0.717, 1.165) is 29.2 Å². The molecule has 0 unspecified atom stereocenters. The van der Waals surface area contributed by atoms with Crippen molar-refractivity contribution in [1.29, 1.82) is 0 Å². The van der Waals surface area contributed by atoms with E-state index in [1.807, 2.05) is 6.92 Å². The van der Waals surface area contributed by atoms with E-state index in [4.69, 9.17) is 4.74 Å². The molecule has 2 aromatic carbocycles. The minimum atomic E-state index is -4.52. The first-order chi connectivity index (χ1) is 15.3. The highest BCUT2D eigenvalue weighted by Crippen LogP contribution is 2.37. The number of imide groups is 1. The Kier molecular flexibility index (Phi) is 5.75. The van der Waals surface area contributed by atoms with Crippen LogP contribution in [0.4, 0.5) is 24.5 Å². The van der Waals surface area contributed by atoms with Crippen LogP contribution in [0.1, 0.15) is 17.4 Å². The molecular formula is C23H17F3N2O3S. The van der Waals surface area contributed by atoms with Gasteiger partial charge in [-0.1, -0.05) is 6.07 Å². The molecule has 2 heterocycles. The van der Waals surface area contributed by atoms with Crippen LogP contribution in [0.5, 0.6) is 5.75 Å². The third kappa shape index (κ3) is 4.11. The van der Waals surface area contributed by atoms with Gasteiger partial charge in [-0.05, 0) is 66.9 Å². The number of benzene rings is 2. The van der Waals surface area contributed by atoms with Crippen LogP contribution in [-0.4, -0.2) is 18.4 Å². The zero-order valence-corrected chi connectivity index (χ0v) is 17.6. The molecule has 1 aliphatic rings. The summed E-state index contributed by atoms with van der Waals surface area (Å²) in [5, 5.41) is 4.78. The minimum Gasteiger partial charge on any atom is -0.494 e. The lowest BCUT2D eigenvalue weighted by molar-refractivity contribution is -0.137. The number of carbonyl (C=O) groups excluding carboxylic acids is 2. The number of nitrogens with zero attached hydrogens (tertiary/aromatic N) is 1. The number of rotatable bonds is 6. The summed E-state index contributed by atoms with van der Waals surface area (Å²) in [5.74, 6) is -0.594. The molecule has 0 saturated carbocycles. The lowest BCUT2D eigenvalue weighted by Gasteiger charge is -2.16. The number of alkyl halides is 3. The zero-order chi connectivity index (χ0) is 22.9. The Labute approximate surface area is 185 Å². The average Bonchev–Trinajstić information content (AvgIpc) is 3.36. The predicted molar refractivity (Wildman–Crippen MR) is 116 cm³/mol. The minimum absolute atomic E-state index is 0.0570. The number of hydrogen-bond acceptors (Lipinski definition) is 5. The van der Waals surface area contributed by atoms with E-state index in [-0.39, 0.29) is 17.0 Å². The normalized spacial score (nSPS) is 14.3. The standard InChI is InChI=1S/C23H17F3N2O3S/c1-2-31-17-11-7-15(8-12-17)27-20-19(18-4-3-13-32-18)21(29)28(22(20)30)16-9-5-14(6-10-16)23(24,25)26/h3-13,27H,2H2,1H3. The quantitative estimate of drug-likeness (QED) is 0.491. The SMILES string of the molecule is CCOc1ccc(NC2=C(c3cccs3)C(=O)N(c3ccc(C(F)(F)F)cc3)C2=O)cc1. The van der Waals surface area contributed by atoms with Gasteiger partial charge in [-0.3, -0.25) is 9.59 Å². The van der Waals surface area contributed by atoms with Crippen LogP contribution in [0.15, 0.2) is 71.7 Å². The number of nitrogens with one attached hydrogen (secondary N) is 1. The molecule has 0 aliphatic carbocycles. The molecule has 2 amide bonds. The van der Waals surface area contributed by atoms with E-state index in [1.54, 1.807) is 41.8 Å². The number of carbonyl (C=O) groups is 2. The predicted octanol–water partition coefficient (Wildman–Crippen LogP) is 5.56. The molecule has 1 N–H and O–H groups in total. The smallest absolute Gasteiger partial charge is 0.416 e. The molecule has 1 aromatic heterocycles. The summed E-state index contributed by atoms with van der Waals surface area (Å²) in [4.78, 5) is 27.9. The van der Waals surface area contributed by atoms with Crippen LogP contribution in [0.3, 0.4) is 0 Å². The Morgan fingerprint density at radius 3 is 2.22 bits per heavy atom. The van der Waals surface area contributed by atoms with Crippen LogP contribution in [0, 0.1) is 0 Å². The van der Waals surface area contributed by atoms with Crippen LogP contribution in [-0.2, 0) is 15.8 Å². The van der Waals surface area contributed by atoms with Crippen molar-refractivity contribution in [1.82, 2.24) is 0 Å². The Morgan fingerprint density at radius 2 is 1.66 bits per heavy atom. The topological polar surface area (TPSA) is 58.6 Å². The molecule has 32 heavy (non-hydrogen) atoms. The van der Waals surface area contributed by atoms with E-state index in [9.17, 15) is 22.8 Å². The highest BCUT2D eigenvalue weighted by Gasteiger charge is 2.41. The van der Waals surface area contributed by atoms with E-state index < -0.39 is 23.6 Å². The van der Waals surface area contributed by atoms with Crippen LogP contribution in [0.2, 0.25) is 0 Å². The van der Waals surface area contributed by atoms with Crippen molar-refractivity contribution in [3.05, 3.63) is 82.2 Å². The first-order valence-corrected chi connectivity index (χ1v) is 10.5. The molecule has 0 saturated heterocycles. The van der Waals surface area contributed by atoms with Crippen molar-refractivity contribution in [2.24, 2.45) is 0 Å². The maximum Gasteiger partial charge on any atom is 0.416 e. The second-order valence-electron chi connectivity index (χ2n) is 6.80. The summed E-state index contributed by atoms with van der Waals surface area (Å²) < 4.78 is 44.1. The molecule has 0 fully saturated rings. The highest BCUT2D eigenvalue weighted by atomic mass is 32.1. The van der Waals surface area contributed by atoms with Gasteiger partial charge in [0, 0.05) is 10.6 Å². The number of amides is 2. The molecule has 3 aromatic rings. The van der Waals surface area contributed by atoms with Gasteiger partial charge in [0.1, 0.15) is 11.4 Å². The molecule has 0 bridgehead atoms. The van der Waals surface area contributed by atoms with Gasteiger partial charge < -0.3 is 10.1 Å². The summed E-state index contributed by atoms with van der Waals surface area (Å²) in [6, 6.07) is 14.3. The fourth-order valence-corrected chi connectivity index (χ4v) is 4.04. The van der Waals surface area contributed by atoms with Gasteiger partial charge in [0.2, 0.25) is 0 Å². The Hall–Kier alpha value is -3.59. The van der Waals surface area contributed by atoms with Crippen LogP contribution < -0.4 is 15.0 Å². The average molecular weight is 458 g/mol. The van der Waals surface area contributed by atoms with Crippen molar-refractivity contribution < 1.29 is 27.5 Å². The van der Waals surface area contributed by atoms with Gasteiger partial charge in [-0.25, -0.2) is 4.90 Å². The van der Waals surface area contributed by atoms with Gasteiger partial charge in [-0.2, -0.15) is 13.2 Å². The molecule has 9 heteroatoms. The third-order valence-electron chi connectivity index (χ3n) is 4.74. The summed E-state index contributed by atoms with van der Waals surface area (Å²) in [7, 11) is 0. The van der Waals surface area contributed by atoms with Gasteiger partial charge in [-0.15, -0.1) is 11.3 Å². The monoisotopic (exact) mass is 458 g/mol. The molecule has 4 rings (SSSR count). The Morgan fingerprint density at radius 1 is 0.969 bits per heavy atom. The summed E-state index contributed by atoms with van der Waals surface area (Å²) in [5.41, 5.74) is -0.0155. The highest BCUT2D eigenvalue weighted by molar-refractivity contribution is 7.11. The summed E-state index contributed by atoms with van der Waals surface area (Å²) in [6.07, 6.45) is -4.52. The number of ether oxygens (including phenoxy) is 1. The Balaban J connectivity index is 1.69. The Bertz CT molecular complexity index is 1170. The van der Waals surface area contributed by atoms with E-state index in [2.05, 4.69) is 5.32 Å². The van der Waals surface area contributed by atoms with Crippen LogP contribution >= 0.6 is 11.3 Å². The molecule has 0 spiro atoms. The number of halogens is 3. The lowest BCUT2D eigenvalue weighted by Crippen LogP contribution is -2.32. The summed E-state index contributed by atoms with van der Waals surface area (Å²) in [6.45, 7) is 2.37.